The van der Waals surface area contributed by atoms with E-state index in [0.717, 1.165) is 30.4 Å². The molecule has 31 heavy (non-hydrogen) atoms. The Morgan fingerprint density at radius 1 is 0.871 bits per heavy atom. The molecule has 0 fully saturated rings. The molecule has 0 spiro atoms. The molecule has 0 bridgehead atoms. The van der Waals surface area contributed by atoms with Crippen LogP contribution in [-0.4, -0.2) is 47.5 Å². The Hall–Kier alpha value is -3.09. The van der Waals surface area contributed by atoms with Crippen molar-refractivity contribution >= 4 is 5.96 Å². The van der Waals surface area contributed by atoms with Crippen molar-refractivity contribution in [3.63, 3.8) is 0 Å². The Balaban J connectivity index is 2.14. The molecular weight excluding hydrogens is 394 g/mol. The first kappa shape index (κ1) is 24.2. The van der Waals surface area contributed by atoms with Gasteiger partial charge in [0.15, 0.2) is 17.5 Å². The summed E-state index contributed by atoms with van der Waals surface area (Å²) in [7, 11) is 6.49. The molecule has 2 rings (SSSR count). The highest BCUT2D eigenvalue weighted by Gasteiger charge is 2.21. The van der Waals surface area contributed by atoms with E-state index in [0.29, 0.717) is 23.8 Å². The number of nitrogens with one attached hydrogen (secondary N) is 2. The van der Waals surface area contributed by atoms with Gasteiger partial charge in [0, 0.05) is 18.5 Å². The SMILES string of the molecule is CCNC(=NCc1cc(OC)c(OC)c(OC)c1)NCC(C)(C)c1ccc(OC)cc1. The second kappa shape index (κ2) is 11.3. The Labute approximate surface area is 185 Å². The molecule has 0 atom stereocenters. The molecule has 2 N–H and O–H groups in total. The number of benzene rings is 2. The zero-order chi connectivity index (χ0) is 22.9. The highest BCUT2D eigenvalue weighted by molar-refractivity contribution is 5.79. The molecule has 0 unspecified atom stereocenters. The van der Waals surface area contributed by atoms with Gasteiger partial charge in [-0.05, 0) is 42.3 Å². The third-order valence-corrected chi connectivity index (χ3v) is 5.06. The van der Waals surface area contributed by atoms with E-state index in [4.69, 9.17) is 23.9 Å². The second-order valence-corrected chi connectivity index (χ2v) is 7.69. The highest BCUT2D eigenvalue weighted by atomic mass is 16.5. The molecule has 0 saturated heterocycles. The van der Waals surface area contributed by atoms with Crippen molar-refractivity contribution in [1.29, 1.82) is 0 Å². The van der Waals surface area contributed by atoms with Crippen LogP contribution in [0.4, 0.5) is 0 Å². The lowest BCUT2D eigenvalue weighted by Crippen LogP contribution is -2.43. The Morgan fingerprint density at radius 2 is 1.48 bits per heavy atom. The van der Waals surface area contributed by atoms with Gasteiger partial charge in [0.25, 0.3) is 0 Å². The van der Waals surface area contributed by atoms with Gasteiger partial charge < -0.3 is 29.6 Å². The second-order valence-electron chi connectivity index (χ2n) is 7.69. The van der Waals surface area contributed by atoms with E-state index in [1.54, 1.807) is 28.4 Å². The third-order valence-electron chi connectivity index (χ3n) is 5.06. The average Bonchev–Trinajstić information content (AvgIpc) is 2.80. The van der Waals surface area contributed by atoms with Crippen molar-refractivity contribution in [2.24, 2.45) is 4.99 Å². The molecule has 0 aliphatic carbocycles. The molecule has 0 aromatic heterocycles. The lowest BCUT2D eigenvalue weighted by molar-refractivity contribution is 0.324. The van der Waals surface area contributed by atoms with E-state index in [1.807, 2.05) is 31.2 Å². The predicted octanol–water partition coefficient (Wildman–Crippen LogP) is 3.75. The minimum Gasteiger partial charge on any atom is -0.497 e. The van der Waals surface area contributed by atoms with Crippen molar-refractivity contribution < 1.29 is 18.9 Å². The maximum absolute atomic E-state index is 5.44. The summed E-state index contributed by atoms with van der Waals surface area (Å²) in [5.41, 5.74) is 2.09. The fraction of sp³-hybridized carbons (Fsp3) is 0.458. The number of ether oxygens (including phenoxy) is 4. The lowest BCUT2D eigenvalue weighted by Gasteiger charge is -2.27. The molecule has 0 aliphatic rings. The normalized spacial score (nSPS) is 11.6. The molecule has 7 heteroatoms. The molecule has 2 aromatic rings. The summed E-state index contributed by atoms with van der Waals surface area (Å²) in [6, 6.07) is 12.0. The van der Waals surface area contributed by atoms with Crippen LogP contribution in [0.5, 0.6) is 23.0 Å². The number of aliphatic imine (C=N–C) groups is 1. The van der Waals surface area contributed by atoms with E-state index < -0.39 is 0 Å². The zero-order valence-corrected chi connectivity index (χ0v) is 19.7. The maximum Gasteiger partial charge on any atom is 0.203 e. The van der Waals surface area contributed by atoms with Crippen molar-refractivity contribution in [2.45, 2.75) is 32.7 Å². The third kappa shape index (κ3) is 6.44. The number of hydrogen-bond acceptors (Lipinski definition) is 5. The molecule has 0 amide bonds. The number of guanidine groups is 1. The molecule has 0 saturated carbocycles. The van der Waals surface area contributed by atoms with Gasteiger partial charge in [-0.15, -0.1) is 0 Å². The number of methoxy groups -OCH3 is 4. The lowest BCUT2D eigenvalue weighted by atomic mass is 9.84. The van der Waals surface area contributed by atoms with Crippen LogP contribution in [0.25, 0.3) is 0 Å². The van der Waals surface area contributed by atoms with Crippen LogP contribution >= 0.6 is 0 Å². The van der Waals surface area contributed by atoms with Gasteiger partial charge in [-0.25, -0.2) is 4.99 Å². The van der Waals surface area contributed by atoms with Crippen molar-refractivity contribution in [1.82, 2.24) is 10.6 Å². The van der Waals surface area contributed by atoms with Gasteiger partial charge in [-0.3, -0.25) is 0 Å². The first-order valence-corrected chi connectivity index (χ1v) is 10.3. The minimum absolute atomic E-state index is 0.0883. The van der Waals surface area contributed by atoms with Crippen LogP contribution in [0.2, 0.25) is 0 Å². The van der Waals surface area contributed by atoms with Crippen LogP contribution in [0, 0.1) is 0 Å². The Bertz CT molecular complexity index is 839. The fourth-order valence-electron chi connectivity index (χ4n) is 3.19. The number of hydrogen-bond donors (Lipinski definition) is 2. The summed E-state index contributed by atoms with van der Waals surface area (Å²) in [5, 5.41) is 6.77. The van der Waals surface area contributed by atoms with Gasteiger partial charge in [0.1, 0.15) is 5.75 Å². The molecule has 0 radical (unpaired) electrons. The molecule has 170 valence electrons. The van der Waals surface area contributed by atoms with Gasteiger partial charge in [0.2, 0.25) is 5.75 Å². The van der Waals surface area contributed by atoms with Crippen molar-refractivity contribution in [3.05, 3.63) is 47.5 Å². The Kier molecular flexibility index (Phi) is 8.85. The smallest absolute Gasteiger partial charge is 0.203 e. The van der Waals surface area contributed by atoms with Gasteiger partial charge in [0.05, 0.1) is 35.0 Å². The minimum atomic E-state index is -0.0883. The first-order chi connectivity index (χ1) is 14.9. The van der Waals surface area contributed by atoms with E-state index in [2.05, 4.69) is 36.6 Å². The van der Waals surface area contributed by atoms with Crippen LogP contribution in [-0.2, 0) is 12.0 Å². The maximum atomic E-state index is 5.44. The fourth-order valence-corrected chi connectivity index (χ4v) is 3.19. The summed E-state index contributed by atoms with van der Waals surface area (Å²) in [6.07, 6.45) is 0. The molecule has 0 heterocycles. The monoisotopic (exact) mass is 429 g/mol. The van der Waals surface area contributed by atoms with E-state index >= 15 is 0 Å². The van der Waals surface area contributed by atoms with Crippen LogP contribution in [0.1, 0.15) is 31.9 Å². The van der Waals surface area contributed by atoms with E-state index in [9.17, 15) is 0 Å². The topological polar surface area (TPSA) is 73.3 Å². The van der Waals surface area contributed by atoms with Crippen LogP contribution in [0.3, 0.4) is 0 Å². The number of rotatable bonds is 10. The quantitative estimate of drug-likeness (QED) is 0.443. The Morgan fingerprint density at radius 3 is 1.97 bits per heavy atom. The summed E-state index contributed by atoms with van der Waals surface area (Å²) >= 11 is 0. The van der Waals surface area contributed by atoms with Crippen molar-refractivity contribution in [2.75, 3.05) is 41.5 Å². The average molecular weight is 430 g/mol. The summed E-state index contributed by atoms with van der Waals surface area (Å²) in [4.78, 5) is 4.74. The highest BCUT2D eigenvalue weighted by Crippen LogP contribution is 2.38. The summed E-state index contributed by atoms with van der Waals surface area (Å²) < 4.78 is 21.5. The van der Waals surface area contributed by atoms with Gasteiger partial charge >= 0.3 is 0 Å². The van der Waals surface area contributed by atoms with Gasteiger partial charge in [-0.2, -0.15) is 0 Å². The summed E-state index contributed by atoms with van der Waals surface area (Å²) in [5.74, 6) is 3.41. The van der Waals surface area contributed by atoms with Crippen molar-refractivity contribution in [3.8, 4) is 23.0 Å². The molecule has 7 nitrogen and oxygen atoms in total. The largest absolute Gasteiger partial charge is 0.497 e. The predicted molar refractivity (Wildman–Crippen MR) is 125 cm³/mol. The van der Waals surface area contributed by atoms with E-state index in [1.165, 1.54) is 5.56 Å². The molecule has 0 aliphatic heterocycles. The zero-order valence-electron chi connectivity index (χ0n) is 19.7. The van der Waals surface area contributed by atoms with Crippen LogP contribution < -0.4 is 29.6 Å². The standard InChI is InChI=1S/C24H35N3O4/c1-8-25-23(27-16-24(2,3)18-9-11-19(28-4)12-10-18)26-15-17-13-20(29-5)22(31-7)21(14-17)30-6/h9-14H,8,15-16H2,1-7H3,(H2,25,26,27). The number of nitrogens with zero attached hydrogens (tertiary/aromatic N) is 1. The van der Waals surface area contributed by atoms with Crippen LogP contribution in [0.15, 0.2) is 41.4 Å². The van der Waals surface area contributed by atoms with Gasteiger partial charge in [-0.1, -0.05) is 26.0 Å². The first-order valence-electron chi connectivity index (χ1n) is 10.3. The molecular formula is C24H35N3O4. The molecule has 2 aromatic carbocycles. The summed E-state index contributed by atoms with van der Waals surface area (Å²) in [6.45, 7) is 8.40. The van der Waals surface area contributed by atoms with E-state index in [-0.39, 0.29) is 5.41 Å².